The van der Waals surface area contributed by atoms with Crippen LogP contribution in [0.1, 0.15) is 0 Å². The molecular weight excluding hydrogens is 272 g/mol. The van der Waals surface area contributed by atoms with Gasteiger partial charge in [-0.2, -0.15) is 0 Å². The summed E-state index contributed by atoms with van der Waals surface area (Å²) >= 11 is 3.32. The molecule has 0 radical (unpaired) electrons. The third-order valence-corrected chi connectivity index (χ3v) is 2.66. The van der Waals surface area contributed by atoms with E-state index in [9.17, 15) is 5.11 Å². The van der Waals surface area contributed by atoms with Gasteiger partial charge >= 0.3 is 0 Å². The maximum atomic E-state index is 9.67. The number of para-hydroxylation sites is 1. The highest BCUT2D eigenvalue weighted by molar-refractivity contribution is 9.10. The minimum atomic E-state index is 0.175. The molecule has 0 atom stereocenters. The quantitative estimate of drug-likeness (QED) is 0.919. The standard InChI is InChI=1S/C11H9BrN2O2/c1-16-11-8(12)6-9(13-14-11)7-4-2-3-5-10(7)15/h2-6,15H,1H3. The van der Waals surface area contributed by atoms with E-state index in [1.165, 1.54) is 7.11 Å². The van der Waals surface area contributed by atoms with E-state index < -0.39 is 0 Å². The van der Waals surface area contributed by atoms with Gasteiger partial charge in [0, 0.05) is 5.56 Å². The number of hydrogen-bond acceptors (Lipinski definition) is 4. The second-order valence-corrected chi connectivity index (χ2v) is 3.96. The lowest BCUT2D eigenvalue weighted by Crippen LogP contribution is -1.94. The summed E-state index contributed by atoms with van der Waals surface area (Å²) in [4.78, 5) is 0. The predicted molar refractivity (Wildman–Crippen MR) is 63.4 cm³/mol. The molecule has 5 heteroatoms. The maximum Gasteiger partial charge on any atom is 0.247 e. The van der Waals surface area contributed by atoms with Crippen molar-refractivity contribution < 1.29 is 9.84 Å². The number of rotatable bonds is 2. The average molecular weight is 281 g/mol. The van der Waals surface area contributed by atoms with Gasteiger partial charge in [0.2, 0.25) is 5.88 Å². The number of hydrogen-bond donors (Lipinski definition) is 1. The van der Waals surface area contributed by atoms with Crippen molar-refractivity contribution in [3.8, 4) is 22.9 Å². The van der Waals surface area contributed by atoms with Gasteiger partial charge in [0.15, 0.2) is 0 Å². The van der Waals surface area contributed by atoms with Crippen LogP contribution < -0.4 is 4.74 Å². The van der Waals surface area contributed by atoms with Crippen LogP contribution in [-0.2, 0) is 0 Å². The Morgan fingerprint density at radius 3 is 2.62 bits per heavy atom. The Kier molecular flexibility index (Phi) is 3.05. The third kappa shape index (κ3) is 1.99. The molecule has 0 aliphatic rings. The van der Waals surface area contributed by atoms with Crippen LogP contribution in [0.2, 0.25) is 0 Å². The number of phenolic OH excluding ortho intramolecular Hbond substituents is 1. The molecule has 0 fully saturated rings. The van der Waals surface area contributed by atoms with Crippen LogP contribution >= 0.6 is 15.9 Å². The van der Waals surface area contributed by atoms with Crippen LogP contribution in [-0.4, -0.2) is 22.4 Å². The van der Waals surface area contributed by atoms with Gasteiger partial charge in [0.25, 0.3) is 0 Å². The maximum absolute atomic E-state index is 9.67. The lowest BCUT2D eigenvalue weighted by Gasteiger charge is -2.05. The first-order valence-corrected chi connectivity index (χ1v) is 5.37. The van der Waals surface area contributed by atoms with E-state index in [4.69, 9.17) is 4.74 Å². The van der Waals surface area contributed by atoms with E-state index in [1.807, 2.05) is 6.07 Å². The molecule has 82 valence electrons. The summed E-state index contributed by atoms with van der Waals surface area (Å²) in [5.41, 5.74) is 1.23. The summed E-state index contributed by atoms with van der Waals surface area (Å²) in [6.07, 6.45) is 0. The number of methoxy groups -OCH3 is 1. The zero-order valence-electron chi connectivity index (χ0n) is 8.51. The highest BCUT2D eigenvalue weighted by atomic mass is 79.9. The molecule has 0 bridgehead atoms. The SMILES string of the molecule is COc1nnc(-c2ccccc2O)cc1Br. The smallest absolute Gasteiger partial charge is 0.247 e. The molecule has 0 aliphatic heterocycles. The lowest BCUT2D eigenvalue weighted by atomic mass is 10.1. The minimum Gasteiger partial charge on any atom is -0.507 e. The molecule has 2 rings (SSSR count). The number of halogens is 1. The Bertz CT molecular complexity index is 517. The van der Waals surface area contributed by atoms with Crippen molar-refractivity contribution in [1.82, 2.24) is 10.2 Å². The van der Waals surface area contributed by atoms with Gasteiger partial charge in [-0.05, 0) is 34.1 Å². The fraction of sp³-hybridized carbons (Fsp3) is 0.0909. The molecule has 0 unspecified atom stereocenters. The second kappa shape index (κ2) is 4.49. The molecule has 0 saturated carbocycles. The molecule has 1 N–H and O–H groups in total. The summed E-state index contributed by atoms with van der Waals surface area (Å²) in [6.45, 7) is 0. The van der Waals surface area contributed by atoms with E-state index in [1.54, 1.807) is 24.3 Å². The third-order valence-electron chi connectivity index (χ3n) is 2.09. The molecule has 0 saturated heterocycles. The van der Waals surface area contributed by atoms with E-state index in [-0.39, 0.29) is 5.75 Å². The van der Waals surface area contributed by atoms with Gasteiger partial charge in [-0.3, -0.25) is 0 Å². The molecule has 1 heterocycles. The van der Waals surface area contributed by atoms with E-state index in [0.29, 0.717) is 21.6 Å². The highest BCUT2D eigenvalue weighted by Crippen LogP contribution is 2.30. The molecular formula is C11H9BrN2O2. The van der Waals surface area contributed by atoms with E-state index >= 15 is 0 Å². The van der Waals surface area contributed by atoms with Gasteiger partial charge < -0.3 is 9.84 Å². The van der Waals surface area contributed by atoms with Crippen LogP contribution in [0.4, 0.5) is 0 Å². The summed E-state index contributed by atoms with van der Waals surface area (Å²) in [7, 11) is 1.52. The number of nitrogens with zero attached hydrogens (tertiary/aromatic N) is 2. The fourth-order valence-electron chi connectivity index (χ4n) is 1.32. The van der Waals surface area contributed by atoms with E-state index in [0.717, 1.165) is 0 Å². The van der Waals surface area contributed by atoms with Gasteiger partial charge in [-0.1, -0.05) is 12.1 Å². The number of aromatic hydroxyl groups is 1. The first kappa shape index (κ1) is 10.9. The molecule has 0 spiro atoms. The van der Waals surface area contributed by atoms with Crippen molar-refractivity contribution in [3.05, 3.63) is 34.8 Å². The largest absolute Gasteiger partial charge is 0.507 e. The minimum absolute atomic E-state index is 0.175. The summed E-state index contributed by atoms with van der Waals surface area (Å²) < 4.78 is 5.68. The Morgan fingerprint density at radius 1 is 1.25 bits per heavy atom. The molecule has 0 amide bonds. The average Bonchev–Trinajstić information content (AvgIpc) is 2.29. The van der Waals surface area contributed by atoms with Gasteiger partial charge in [-0.15, -0.1) is 10.2 Å². The number of aromatic nitrogens is 2. The normalized spacial score (nSPS) is 10.1. The Hall–Kier alpha value is -1.62. The van der Waals surface area contributed by atoms with Gasteiger partial charge in [0.1, 0.15) is 5.75 Å². The van der Waals surface area contributed by atoms with Crippen molar-refractivity contribution >= 4 is 15.9 Å². The molecule has 1 aromatic heterocycles. The first-order chi connectivity index (χ1) is 7.72. The molecule has 0 aliphatic carbocycles. The van der Waals surface area contributed by atoms with Gasteiger partial charge in [-0.25, -0.2) is 0 Å². The zero-order valence-corrected chi connectivity index (χ0v) is 10.1. The van der Waals surface area contributed by atoms with Crippen LogP contribution in [0.25, 0.3) is 11.3 Å². The Balaban J connectivity index is 2.50. The lowest BCUT2D eigenvalue weighted by molar-refractivity contribution is 0.389. The second-order valence-electron chi connectivity index (χ2n) is 3.10. The van der Waals surface area contributed by atoms with Gasteiger partial charge in [0.05, 0.1) is 17.3 Å². The van der Waals surface area contributed by atoms with Crippen molar-refractivity contribution in [2.75, 3.05) is 7.11 Å². The fourth-order valence-corrected chi connectivity index (χ4v) is 1.78. The number of phenols is 1. The Morgan fingerprint density at radius 2 is 2.00 bits per heavy atom. The van der Waals surface area contributed by atoms with Crippen molar-refractivity contribution in [3.63, 3.8) is 0 Å². The summed E-state index contributed by atoms with van der Waals surface area (Å²) in [5, 5.41) is 17.5. The topological polar surface area (TPSA) is 55.2 Å². The van der Waals surface area contributed by atoms with E-state index in [2.05, 4.69) is 26.1 Å². The first-order valence-electron chi connectivity index (χ1n) is 4.58. The molecule has 2 aromatic rings. The van der Waals surface area contributed by atoms with Crippen LogP contribution in [0.15, 0.2) is 34.8 Å². The number of benzene rings is 1. The Labute approximate surface area is 101 Å². The predicted octanol–water partition coefficient (Wildman–Crippen LogP) is 2.62. The van der Waals surface area contributed by atoms with Crippen LogP contribution in [0, 0.1) is 0 Å². The van der Waals surface area contributed by atoms with Crippen molar-refractivity contribution in [2.45, 2.75) is 0 Å². The van der Waals surface area contributed by atoms with Crippen molar-refractivity contribution in [1.29, 1.82) is 0 Å². The molecule has 1 aromatic carbocycles. The highest BCUT2D eigenvalue weighted by Gasteiger charge is 2.09. The molecule has 16 heavy (non-hydrogen) atoms. The van der Waals surface area contributed by atoms with Crippen molar-refractivity contribution in [2.24, 2.45) is 0 Å². The zero-order chi connectivity index (χ0) is 11.5. The monoisotopic (exact) mass is 280 g/mol. The number of ether oxygens (including phenoxy) is 1. The summed E-state index contributed by atoms with van der Waals surface area (Å²) in [6, 6.07) is 8.72. The molecule has 4 nitrogen and oxygen atoms in total. The summed E-state index contributed by atoms with van der Waals surface area (Å²) in [5.74, 6) is 0.591. The van der Waals surface area contributed by atoms with Crippen LogP contribution in [0.3, 0.4) is 0 Å². The van der Waals surface area contributed by atoms with Crippen LogP contribution in [0.5, 0.6) is 11.6 Å².